The summed E-state index contributed by atoms with van der Waals surface area (Å²) >= 11 is 6.14. The first-order chi connectivity index (χ1) is 9.74. The summed E-state index contributed by atoms with van der Waals surface area (Å²) in [5.74, 6) is 0. The predicted octanol–water partition coefficient (Wildman–Crippen LogP) is 4.26. The van der Waals surface area contributed by atoms with E-state index in [-0.39, 0.29) is 0 Å². The molecule has 3 heteroatoms. The maximum atomic E-state index is 6.14. The van der Waals surface area contributed by atoms with Crippen molar-refractivity contribution in [3.05, 3.63) is 34.9 Å². The molecule has 0 aliphatic heterocycles. The van der Waals surface area contributed by atoms with Crippen molar-refractivity contribution in [1.29, 1.82) is 0 Å². The van der Waals surface area contributed by atoms with Gasteiger partial charge in [-0.3, -0.25) is 0 Å². The van der Waals surface area contributed by atoms with E-state index in [1.165, 1.54) is 31.5 Å². The van der Waals surface area contributed by atoms with Crippen LogP contribution in [0.5, 0.6) is 0 Å². The highest BCUT2D eigenvalue weighted by atomic mass is 35.5. The summed E-state index contributed by atoms with van der Waals surface area (Å²) in [5, 5.41) is 4.50. The van der Waals surface area contributed by atoms with Crippen molar-refractivity contribution >= 4 is 11.6 Å². The number of nitrogens with zero attached hydrogens (tertiary/aromatic N) is 1. The molecule has 0 heterocycles. The lowest BCUT2D eigenvalue weighted by Crippen LogP contribution is -2.31. The number of hydrogen-bond acceptors (Lipinski definition) is 2. The standard InChI is InChI=1S/C17H27ClN2/c1-3-11-19-17(14-6-5-7-15(18)13-14)10-12-20(4-2)16-8-9-16/h5-7,13,16-17,19H,3-4,8-12H2,1-2H3. The van der Waals surface area contributed by atoms with Crippen molar-refractivity contribution in [2.24, 2.45) is 0 Å². The molecule has 0 radical (unpaired) electrons. The zero-order valence-electron chi connectivity index (χ0n) is 12.7. The lowest BCUT2D eigenvalue weighted by Gasteiger charge is -2.25. The fourth-order valence-electron chi connectivity index (χ4n) is 2.76. The van der Waals surface area contributed by atoms with Crippen LogP contribution in [0.15, 0.2) is 24.3 Å². The molecule has 0 spiro atoms. The fourth-order valence-corrected chi connectivity index (χ4v) is 2.96. The third kappa shape index (κ3) is 4.76. The van der Waals surface area contributed by atoms with Gasteiger partial charge in [0.1, 0.15) is 0 Å². The molecule has 1 saturated carbocycles. The molecule has 1 aliphatic rings. The van der Waals surface area contributed by atoms with Gasteiger partial charge in [0.25, 0.3) is 0 Å². The molecule has 1 fully saturated rings. The Morgan fingerprint density at radius 2 is 2.15 bits per heavy atom. The Balaban J connectivity index is 1.95. The largest absolute Gasteiger partial charge is 0.310 e. The summed E-state index contributed by atoms with van der Waals surface area (Å²) in [7, 11) is 0. The van der Waals surface area contributed by atoms with Gasteiger partial charge in [-0.2, -0.15) is 0 Å². The number of hydrogen-bond donors (Lipinski definition) is 1. The molecular weight excluding hydrogens is 268 g/mol. The Hall–Kier alpha value is -0.570. The predicted molar refractivity (Wildman–Crippen MR) is 87.4 cm³/mol. The fraction of sp³-hybridized carbons (Fsp3) is 0.647. The Labute approximate surface area is 128 Å². The smallest absolute Gasteiger partial charge is 0.0409 e. The Kier molecular flexibility index (Phi) is 6.34. The van der Waals surface area contributed by atoms with Gasteiger partial charge >= 0.3 is 0 Å². The van der Waals surface area contributed by atoms with Gasteiger partial charge < -0.3 is 10.2 Å². The van der Waals surface area contributed by atoms with E-state index in [0.29, 0.717) is 6.04 Å². The molecule has 2 rings (SSSR count). The van der Waals surface area contributed by atoms with Gasteiger partial charge in [0.05, 0.1) is 0 Å². The normalized spacial score (nSPS) is 16.6. The van der Waals surface area contributed by atoms with Crippen LogP contribution in [-0.4, -0.2) is 30.6 Å². The van der Waals surface area contributed by atoms with Crippen LogP contribution in [-0.2, 0) is 0 Å². The molecule has 0 aromatic heterocycles. The highest BCUT2D eigenvalue weighted by Crippen LogP contribution is 2.28. The summed E-state index contributed by atoms with van der Waals surface area (Å²) < 4.78 is 0. The molecule has 1 atom stereocenters. The second-order valence-electron chi connectivity index (χ2n) is 5.71. The van der Waals surface area contributed by atoms with Gasteiger partial charge in [-0.1, -0.05) is 37.6 Å². The van der Waals surface area contributed by atoms with Crippen molar-refractivity contribution in [3.8, 4) is 0 Å². The van der Waals surface area contributed by atoms with Gasteiger partial charge in [0.2, 0.25) is 0 Å². The van der Waals surface area contributed by atoms with Crippen molar-refractivity contribution in [1.82, 2.24) is 10.2 Å². The van der Waals surface area contributed by atoms with E-state index in [1.807, 2.05) is 6.07 Å². The van der Waals surface area contributed by atoms with Crippen molar-refractivity contribution < 1.29 is 0 Å². The second kappa shape index (κ2) is 8.02. The average Bonchev–Trinajstić information content (AvgIpc) is 3.27. The molecule has 1 aromatic carbocycles. The van der Waals surface area contributed by atoms with Crippen LogP contribution < -0.4 is 5.32 Å². The second-order valence-corrected chi connectivity index (χ2v) is 6.15. The van der Waals surface area contributed by atoms with Gasteiger partial charge in [-0.05, 0) is 56.5 Å². The average molecular weight is 295 g/mol. The van der Waals surface area contributed by atoms with E-state index < -0.39 is 0 Å². The van der Waals surface area contributed by atoms with E-state index in [0.717, 1.165) is 30.5 Å². The minimum absolute atomic E-state index is 0.418. The summed E-state index contributed by atoms with van der Waals surface area (Å²) in [4.78, 5) is 2.62. The van der Waals surface area contributed by atoms with E-state index in [4.69, 9.17) is 11.6 Å². The monoisotopic (exact) mass is 294 g/mol. The molecule has 1 unspecified atom stereocenters. The molecule has 20 heavy (non-hydrogen) atoms. The first-order valence-corrected chi connectivity index (χ1v) is 8.35. The summed E-state index contributed by atoms with van der Waals surface area (Å²) in [6.45, 7) is 7.89. The zero-order chi connectivity index (χ0) is 14.4. The van der Waals surface area contributed by atoms with Crippen LogP contribution in [0.1, 0.15) is 51.1 Å². The maximum Gasteiger partial charge on any atom is 0.0409 e. The maximum absolute atomic E-state index is 6.14. The lowest BCUT2D eigenvalue weighted by atomic mass is 10.0. The first-order valence-electron chi connectivity index (χ1n) is 7.97. The minimum Gasteiger partial charge on any atom is -0.310 e. The highest BCUT2D eigenvalue weighted by molar-refractivity contribution is 6.30. The Morgan fingerprint density at radius 1 is 1.35 bits per heavy atom. The third-order valence-corrected chi connectivity index (χ3v) is 4.30. The van der Waals surface area contributed by atoms with Crippen LogP contribution in [0.4, 0.5) is 0 Å². The molecule has 112 valence electrons. The van der Waals surface area contributed by atoms with Gasteiger partial charge in [0, 0.05) is 23.7 Å². The van der Waals surface area contributed by atoms with Crippen LogP contribution in [0, 0.1) is 0 Å². The summed E-state index contributed by atoms with van der Waals surface area (Å²) in [6.07, 6.45) is 5.10. The van der Waals surface area contributed by atoms with Crippen LogP contribution in [0.25, 0.3) is 0 Å². The highest BCUT2D eigenvalue weighted by Gasteiger charge is 2.28. The summed E-state index contributed by atoms with van der Waals surface area (Å²) in [6, 6.07) is 9.56. The number of halogens is 1. The van der Waals surface area contributed by atoms with E-state index in [2.05, 4.69) is 42.3 Å². The molecular formula is C17H27ClN2. The molecule has 2 nitrogen and oxygen atoms in total. The van der Waals surface area contributed by atoms with Gasteiger partial charge in [0.15, 0.2) is 0 Å². The van der Waals surface area contributed by atoms with Crippen LogP contribution in [0.3, 0.4) is 0 Å². The van der Waals surface area contributed by atoms with E-state index >= 15 is 0 Å². The van der Waals surface area contributed by atoms with E-state index in [9.17, 15) is 0 Å². The van der Waals surface area contributed by atoms with Crippen molar-refractivity contribution in [2.45, 2.75) is 51.6 Å². The first kappa shape index (κ1) is 15.8. The SMILES string of the molecule is CCCNC(CCN(CC)C1CC1)c1cccc(Cl)c1. The summed E-state index contributed by atoms with van der Waals surface area (Å²) in [5.41, 5.74) is 1.32. The van der Waals surface area contributed by atoms with Gasteiger partial charge in [-0.15, -0.1) is 0 Å². The molecule has 0 amide bonds. The van der Waals surface area contributed by atoms with Gasteiger partial charge in [-0.25, -0.2) is 0 Å². The molecule has 1 aromatic rings. The molecule has 1 aliphatic carbocycles. The zero-order valence-corrected chi connectivity index (χ0v) is 13.5. The van der Waals surface area contributed by atoms with Crippen molar-refractivity contribution in [2.75, 3.05) is 19.6 Å². The van der Waals surface area contributed by atoms with E-state index in [1.54, 1.807) is 0 Å². The number of rotatable bonds is 9. The Bertz CT molecular complexity index is 404. The lowest BCUT2D eigenvalue weighted by molar-refractivity contribution is 0.259. The minimum atomic E-state index is 0.418. The number of benzene rings is 1. The van der Waals surface area contributed by atoms with Crippen LogP contribution in [0.2, 0.25) is 5.02 Å². The molecule has 0 saturated heterocycles. The molecule has 0 bridgehead atoms. The third-order valence-electron chi connectivity index (χ3n) is 4.07. The quantitative estimate of drug-likeness (QED) is 0.732. The van der Waals surface area contributed by atoms with Crippen LogP contribution >= 0.6 is 11.6 Å². The Morgan fingerprint density at radius 3 is 2.75 bits per heavy atom. The topological polar surface area (TPSA) is 15.3 Å². The molecule has 1 N–H and O–H groups in total. The van der Waals surface area contributed by atoms with Crippen molar-refractivity contribution in [3.63, 3.8) is 0 Å². The number of nitrogens with one attached hydrogen (secondary N) is 1.